The number of aromatic amines is 1. The maximum Gasteiger partial charge on any atom is 0.140 e. The van der Waals surface area contributed by atoms with Gasteiger partial charge in [0, 0.05) is 53.9 Å². The lowest BCUT2D eigenvalue weighted by Gasteiger charge is -2.42. The third-order valence-corrected chi connectivity index (χ3v) is 8.82. The van der Waals surface area contributed by atoms with Crippen molar-refractivity contribution in [1.29, 1.82) is 0 Å². The molecule has 0 saturated carbocycles. The molecular formula is C31H41N5. The van der Waals surface area contributed by atoms with Crippen molar-refractivity contribution in [3.63, 3.8) is 0 Å². The Morgan fingerprint density at radius 1 is 0.972 bits per heavy atom. The van der Waals surface area contributed by atoms with Crippen molar-refractivity contribution in [3.8, 4) is 11.3 Å². The highest BCUT2D eigenvalue weighted by Crippen LogP contribution is 2.37. The Hall–Kier alpha value is -2.63. The molecule has 4 aromatic rings. The van der Waals surface area contributed by atoms with Gasteiger partial charge in [0.2, 0.25) is 0 Å². The number of hydrogen-bond donors (Lipinski definition) is 1. The Balaban J connectivity index is 1.16. The van der Waals surface area contributed by atoms with Gasteiger partial charge in [-0.15, -0.1) is 0 Å². The maximum atomic E-state index is 4.58. The smallest absolute Gasteiger partial charge is 0.140 e. The van der Waals surface area contributed by atoms with Gasteiger partial charge in [0.05, 0.1) is 5.69 Å². The summed E-state index contributed by atoms with van der Waals surface area (Å²) < 4.78 is 2.09. The largest absolute Gasteiger partial charge is 0.354 e. The number of H-pyrrole nitrogens is 1. The summed E-state index contributed by atoms with van der Waals surface area (Å²) in [4.78, 5) is 13.8. The van der Waals surface area contributed by atoms with Crippen LogP contribution in [0.3, 0.4) is 0 Å². The minimum absolute atomic E-state index is 0.672. The Labute approximate surface area is 215 Å². The van der Waals surface area contributed by atoms with Gasteiger partial charge in [-0.2, -0.15) is 0 Å². The zero-order chi connectivity index (χ0) is 24.8. The number of fused-ring (bicyclic) bond motifs is 2. The number of benzene rings is 1. The van der Waals surface area contributed by atoms with E-state index in [2.05, 4.69) is 88.7 Å². The fraction of sp³-hybridized carbons (Fsp3) is 0.516. The van der Waals surface area contributed by atoms with Crippen LogP contribution in [-0.4, -0.2) is 63.1 Å². The van der Waals surface area contributed by atoms with Crippen LogP contribution in [0, 0.1) is 12.8 Å². The van der Waals surface area contributed by atoms with Crippen LogP contribution in [0.4, 0.5) is 0 Å². The summed E-state index contributed by atoms with van der Waals surface area (Å²) in [5, 5.41) is 2.57. The monoisotopic (exact) mass is 483 g/mol. The lowest BCUT2D eigenvalue weighted by Crippen LogP contribution is -2.48. The van der Waals surface area contributed by atoms with Crippen LogP contribution in [0.1, 0.15) is 56.6 Å². The van der Waals surface area contributed by atoms with Crippen LogP contribution in [0.25, 0.3) is 33.2 Å². The average molecular weight is 484 g/mol. The second-order valence-corrected chi connectivity index (χ2v) is 11.7. The lowest BCUT2D eigenvalue weighted by molar-refractivity contribution is 0.0828. The van der Waals surface area contributed by atoms with E-state index in [1.165, 1.54) is 97.1 Å². The molecule has 2 aliphatic heterocycles. The minimum atomic E-state index is 0.672. The van der Waals surface area contributed by atoms with Crippen molar-refractivity contribution in [3.05, 3.63) is 53.9 Å². The molecular weight excluding hydrogens is 442 g/mol. The van der Waals surface area contributed by atoms with Gasteiger partial charge in [0.25, 0.3) is 0 Å². The van der Waals surface area contributed by atoms with Crippen LogP contribution < -0.4 is 0 Å². The number of likely N-dealkylation sites (tertiary alicyclic amines) is 2. The van der Waals surface area contributed by atoms with E-state index in [0.29, 0.717) is 5.92 Å². The molecule has 1 N–H and O–H groups in total. The highest BCUT2D eigenvalue weighted by molar-refractivity contribution is 5.98. The normalized spacial score (nSPS) is 19.2. The predicted octanol–water partition coefficient (Wildman–Crippen LogP) is 6.33. The van der Waals surface area contributed by atoms with Crippen molar-refractivity contribution in [2.24, 2.45) is 13.0 Å². The molecule has 1 aromatic carbocycles. The number of piperidine rings is 2. The quantitative estimate of drug-likeness (QED) is 0.361. The maximum absolute atomic E-state index is 4.58. The summed E-state index contributed by atoms with van der Waals surface area (Å²) in [6, 6.07) is 12.3. The van der Waals surface area contributed by atoms with Crippen molar-refractivity contribution in [2.45, 2.75) is 58.4 Å². The van der Waals surface area contributed by atoms with E-state index >= 15 is 0 Å². The molecule has 0 unspecified atom stereocenters. The molecule has 3 aromatic heterocycles. The van der Waals surface area contributed by atoms with Crippen LogP contribution in [0.15, 0.2) is 42.7 Å². The molecule has 2 saturated heterocycles. The Bertz CT molecular complexity index is 1350. The van der Waals surface area contributed by atoms with Crippen molar-refractivity contribution >= 4 is 21.9 Å². The first-order valence-electron chi connectivity index (χ1n) is 14.0. The van der Waals surface area contributed by atoms with Gasteiger partial charge >= 0.3 is 0 Å². The molecule has 190 valence electrons. The van der Waals surface area contributed by atoms with E-state index in [0.717, 1.165) is 17.6 Å². The standard InChI is InChI=1S/C31H41N5/c1-21(2)20-35-15-10-25(11-16-35)36-17-8-23(9-18-36)24-5-6-29-28(19-24)22(3)30(33-29)26-7-13-32-31-27(26)12-14-34(31)4/h5-7,12-14,19,21,23,25,33H,8-11,15-18,20H2,1-4H3. The molecule has 0 spiro atoms. The summed E-state index contributed by atoms with van der Waals surface area (Å²) in [6.45, 7) is 13.3. The number of pyridine rings is 1. The molecule has 5 heteroatoms. The van der Waals surface area contributed by atoms with Crippen LogP contribution >= 0.6 is 0 Å². The third-order valence-electron chi connectivity index (χ3n) is 8.82. The number of hydrogen-bond acceptors (Lipinski definition) is 3. The summed E-state index contributed by atoms with van der Waals surface area (Å²) in [7, 11) is 2.06. The van der Waals surface area contributed by atoms with E-state index < -0.39 is 0 Å². The topological polar surface area (TPSA) is 40.1 Å². The number of rotatable bonds is 5. The second kappa shape index (κ2) is 9.68. The number of nitrogens with one attached hydrogen (secondary N) is 1. The van der Waals surface area contributed by atoms with E-state index in [4.69, 9.17) is 0 Å². The Morgan fingerprint density at radius 3 is 2.50 bits per heavy atom. The van der Waals surface area contributed by atoms with Gasteiger partial charge in [-0.05, 0) is 106 Å². The molecule has 5 nitrogen and oxygen atoms in total. The number of aromatic nitrogens is 3. The zero-order valence-electron chi connectivity index (χ0n) is 22.4. The molecule has 2 fully saturated rings. The molecule has 0 amide bonds. The van der Waals surface area contributed by atoms with E-state index in [9.17, 15) is 0 Å². The first-order chi connectivity index (χ1) is 17.5. The van der Waals surface area contributed by atoms with E-state index in [-0.39, 0.29) is 0 Å². The van der Waals surface area contributed by atoms with Crippen LogP contribution in [-0.2, 0) is 7.05 Å². The first kappa shape index (κ1) is 23.7. The third kappa shape index (κ3) is 4.37. The molecule has 0 aliphatic carbocycles. The van der Waals surface area contributed by atoms with Crippen molar-refractivity contribution in [2.75, 3.05) is 32.7 Å². The highest BCUT2D eigenvalue weighted by atomic mass is 15.2. The van der Waals surface area contributed by atoms with Crippen LogP contribution in [0.5, 0.6) is 0 Å². The fourth-order valence-electron chi connectivity index (χ4n) is 6.83. The van der Waals surface area contributed by atoms with E-state index in [1.54, 1.807) is 0 Å². The fourth-order valence-corrected chi connectivity index (χ4v) is 6.83. The summed E-state index contributed by atoms with van der Waals surface area (Å²) in [5.74, 6) is 1.45. The van der Waals surface area contributed by atoms with E-state index in [1.807, 2.05) is 6.20 Å². The highest BCUT2D eigenvalue weighted by Gasteiger charge is 2.29. The zero-order valence-corrected chi connectivity index (χ0v) is 22.4. The van der Waals surface area contributed by atoms with Gasteiger partial charge in [-0.1, -0.05) is 19.9 Å². The average Bonchev–Trinajstić information content (AvgIpc) is 3.44. The lowest BCUT2D eigenvalue weighted by atomic mass is 9.87. The van der Waals surface area contributed by atoms with Crippen molar-refractivity contribution in [1.82, 2.24) is 24.3 Å². The summed E-state index contributed by atoms with van der Waals surface area (Å²) >= 11 is 0. The Kier molecular flexibility index (Phi) is 6.38. The molecule has 0 atom stereocenters. The second-order valence-electron chi connectivity index (χ2n) is 11.7. The molecule has 5 heterocycles. The minimum Gasteiger partial charge on any atom is -0.354 e. The number of aryl methyl sites for hydroxylation is 2. The van der Waals surface area contributed by atoms with Gasteiger partial charge in [-0.25, -0.2) is 4.98 Å². The molecule has 2 aliphatic rings. The van der Waals surface area contributed by atoms with Gasteiger partial charge in [-0.3, -0.25) is 0 Å². The van der Waals surface area contributed by atoms with Gasteiger partial charge in [0.1, 0.15) is 5.65 Å². The predicted molar refractivity (Wildman–Crippen MR) is 151 cm³/mol. The van der Waals surface area contributed by atoms with Crippen molar-refractivity contribution < 1.29 is 0 Å². The number of nitrogens with zero attached hydrogens (tertiary/aromatic N) is 4. The molecule has 6 rings (SSSR count). The first-order valence-corrected chi connectivity index (χ1v) is 14.0. The summed E-state index contributed by atoms with van der Waals surface area (Å²) in [6.07, 6.45) is 9.28. The molecule has 0 bridgehead atoms. The van der Waals surface area contributed by atoms with Gasteiger partial charge in [0.15, 0.2) is 0 Å². The molecule has 36 heavy (non-hydrogen) atoms. The van der Waals surface area contributed by atoms with Crippen LogP contribution in [0.2, 0.25) is 0 Å². The van der Waals surface area contributed by atoms with Gasteiger partial charge < -0.3 is 19.4 Å². The summed E-state index contributed by atoms with van der Waals surface area (Å²) in [5.41, 5.74) is 7.58. The SMILES string of the molecule is Cc1c(-c2ccnc3c2ccn3C)[nH]c2ccc(C3CCN(C4CCN(CC(C)C)CC4)CC3)cc12. The Morgan fingerprint density at radius 2 is 1.75 bits per heavy atom. The molecule has 0 radical (unpaired) electrons.